The number of halogens is 2. The number of nitrogens with zero attached hydrogens (tertiary/aromatic N) is 2. The predicted molar refractivity (Wildman–Crippen MR) is 141 cm³/mol. The Labute approximate surface area is 228 Å². The molecule has 0 bridgehead atoms. The van der Waals surface area contributed by atoms with E-state index in [2.05, 4.69) is 10.3 Å². The number of benzene rings is 2. The van der Waals surface area contributed by atoms with E-state index < -0.39 is 52.9 Å². The van der Waals surface area contributed by atoms with E-state index in [9.17, 15) is 28.0 Å². The molecule has 2 aliphatic heterocycles. The van der Waals surface area contributed by atoms with Crippen molar-refractivity contribution in [1.82, 2.24) is 14.8 Å². The number of fused-ring (bicyclic) bond motifs is 2. The van der Waals surface area contributed by atoms with Crippen molar-refractivity contribution in [2.45, 2.75) is 44.4 Å². The Hall–Kier alpha value is -4.48. The number of ether oxygens (including phenoxy) is 1. The van der Waals surface area contributed by atoms with Crippen LogP contribution in [-0.2, 0) is 14.4 Å². The SMILES string of the molecule is CC(C)C[C@@H](C(=O)N1CC2(C[C@H]1C(N)=O)Oc1ccccc1NC2=O)N(C)C(=O)c1cc2c(F)cc(F)cc2[nH]1. The normalized spacial score (nSPS) is 20.8. The smallest absolute Gasteiger partial charge is 0.270 e. The zero-order chi connectivity index (χ0) is 28.9. The molecule has 0 saturated carbocycles. The molecule has 1 unspecified atom stereocenters. The lowest BCUT2D eigenvalue weighted by atomic mass is 9.96. The maximum atomic E-state index is 14.3. The lowest BCUT2D eigenvalue weighted by Crippen LogP contribution is -2.56. The third kappa shape index (κ3) is 4.63. The Bertz CT molecular complexity index is 1540. The predicted octanol–water partition coefficient (Wildman–Crippen LogP) is 2.79. The molecule has 5 rings (SSSR count). The van der Waals surface area contributed by atoms with Gasteiger partial charge in [0.15, 0.2) is 0 Å². The molecule has 10 nitrogen and oxygen atoms in total. The fourth-order valence-electron chi connectivity index (χ4n) is 5.42. The fraction of sp³-hybridized carbons (Fsp3) is 0.357. The topological polar surface area (TPSA) is 138 Å². The lowest BCUT2D eigenvalue weighted by Gasteiger charge is -2.35. The summed E-state index contributed by atoms with van der Waals surface area (Å²) in [5.41, 5.74) is 4.65. The first-order valence-electron chi connectivity index (χ1n) is 12.8. The number of H-pyrrole nitrogens is 1. The molecule has 4 N–H and O–H groups in total. The van der Waals surface area contributed by atoms with E-state index in [1.807, 2.05) is 13.8 Å². The van der Waals surface area contributed by atoms with Crippen molar-refractivity contribution in [2.24, 2.45) is 11.7 Å². The lowest BCUT2D eigenvalue weighted by molar-refractivity contribution is -0.142. The zero-order valence-electron chi connectivity index (χ0n) is 22.2. The number of anilines is 1. The number of rotatable bonds is 6. The maximum Gasteiger partial charge on any atom is 0.270 e. The highest BCUT2D eigenvalue weighted by atomic mass is 19.1. The number of aromatic amines is 1. The molecule has 2 aromatic carbocycles. The number of carbonyl (C=O) groups excluding carboxylic acids is 4. The molecule has 210 valence electrons. The number of amides is 4. The van der Waals surface area contributed by atoms with Crippen molar-refractivity contribution in [1.29, 1.82) is 0 Å². The van der Waals surface area contributed by atoms with Crippen molar-refractivity contribution >= 4 is 40.2 Å². The maximum absolute atomic E-state index is 14.3. The van der Waals surface area contributed by atoms with Crippen LogP contribution < -0.4 is 15.8 Å². The van der Waals surface area contributed by atoms with E-state index in [0.717, 1.165) is 6.07 Å². The van der Waals surface area contributed by atoms with Crippen molar-refractivity contribution < 1.29 is 32.7 Å². The third-order valence-corrected chi connectivity index (χ3v) is 7.44. The highest BCUT2D eigenvalue weighted by Crippen LogP contribution is 2.40. The molecule has 1 saturated heterocycles. The van der Waals surface area contributed by atoms with E-state index in [-0.39, 0.29) is 41.9 Å². The van der Waals surface area contributed by atoms with Crippen molar-refractivity contribution in [3.05, 3.63) is 59.8 Å². The molecular formula is C28H29F2N5O5. The number of hydrogen-bond donors (Lipinski definition) is 3. The van der Waals surface area contributed by atoms with Crippen LogP contribution >= 0.6 is 0 Å². The Balaban J connectivity index is 1.46. The second-order valence-electron chi connectivity index (χ2n) is 10.7. The quantitative estimate of drug-likeness (QED) is 0.431. The van der Waals surface area contributed by atoms with Crippen LogP contribution in [0.5, 0.6) is 5.75 Å². The standard InChI is InChI=1S/C28H29F2N5O5/c1-14(2)8-21(34(3)25(37)20-11-16-17(30)9-15(29)10-19(16)32-20)26(38)35-13-28(12-22(35)24(31)36)27(39)33-18-6-4-5-7-23(18)40-28/h4-7,9-11,14,21-22,32H,8,12-13H2,1-3H3,(H2,31,36)(H,33,39)/t21-,22-,28?/m0/s1. The molecule has 2 aliphatic rings. The Morgan fingerprint density at radius 2 is 1.93 bits per heavy atom. The zero-order valence-corrected chi connectivity index (χ0v) is 22.2. The third-order valence-electron chi connectivity index (χ3n) is 7.44. The summed E-state index contributed by atoms with van der Waals surface area (Å²) in [5, 5.41) is 2.81. The summed E-state index contributed by atoms with van der Waals surface area (Å²) < 4.78 is 34.0. The van der Waals surface area contributed by atoms with Crippen molar-refractivity contribution in [3.8, 4) is 5.75 Å². The van der Waals surface area contributed by atoms with Crippen LogP contribution in [0.3, 0.4) is 0 Å². The largest absolute Gasteiger partial charge is 0.473 e. The summed E-state index contributed by atoms with van der Waals surface area (Å²) in [7, 11) is 1.42. The van der Waals surface area contributed by atoms with Gasteiger partial charge in [0.05, 0.1) is 17.7 Å². The minimum absolute atomic E-state index is 0.0286. The van der Waals surface area contributed by atoms with Crippen molar-refractivity contribution in [3.63, 3.8) is 0 Å². The molecule has 3 atom stereocenters. The number of likely N-dealkylation sites (N-methyl/N-ethyl adjacent to an activating group) is 1. The van der Waals surface area contributed by atoms with E-state index in [4.69, 9.17) is 10.5 Å². The summed E-state index contributed by atoms with van der Waals surface area (Å²) in [6, 6.07) is 7.64. The van der Waals surface area contributed by atoms with Crippen LogP contribution in [0.2, 0.25) is 0 Å². The molecule has 3 aromatic rings. The average molecular weight is 554 g/mol. The van der Waals surface area contributed by atoms with Gasteiger partial charge in [0.2, 0.25) is 17.4 Å². The first-order valence-corrected chi connectivity index (χ1v) is 12.8. The summed E-state index contributed by atoms with van der Waals surface area (Å²) in [4.78, 5) is 58.3. The number of likely N-dealkylation sites (tertiary alicyclic amines) is 1. The summed E-state index contributed by atoms with van der Waals surface area (Å²) >= 11 is 0. The summed E-state index contributed by atoms with van der Waals surface area (Å²) in [6.45, 7) is 3.48. The second kappa shape index (κ2) is 9.92. The van der Waals surface area contributed by atoms with Gasteiger partial charge >= 0.3 is 0 Å². The number of aromatic nitrogens is 1. The number of nitrogens with one attached hydrogen (secondary N) is 2. The van der Waals surface area contributed by atoms with E-state index in [1.54, 1.807) is 24.3 Å². The molecule has 12 heteroatoms. The molecule has 1 spiro atoms. The van der Waals surface area contributed by atoms with Gasteiger partial charge in [-0.15, -0.1) is 0 Å². The van der Waals surface area contributed by atoms with Gasteiger partial charge in [-0.2, -0.15) is 0 Å². The first-order chi connectivity index (χ1) is 18.9. The number of nitrogens with two attached hydrogens (primary N) is 1. The van der Waals surface area contributed by atoms with Crippen LogP contribution in [0.15, 0.2) is 42.5 Å². The second-order valence-corrected chi connectivity index (χ2v) is 10.7. The van der Waals surface area contributed by atoms with Gasteiger partial charge in [-0.05, 0) is 36.6 Å². The number of hydrogen-bond acceptors (Lipinski definition) is 5. The van der Waals surface area contributed by atoms with Crippen molar-refractivity contribution in [2.75, 3.05) is 18.9 Å². The van der Waals surface area contributed by atoms with Crippen LogP contribution in [-0.4, -0.2) is 69.7 Å². The highest BCUT2D eigenvalue weighted by molar-refractivity contribution is 6.04. The summed E-state index contributed by atoms with van der Waals surface area (Å²) in [5.74, 6) is -3.84. The Morgan fingerprint density at radius 1 is 1.20 bits per heavy atom. The van der Waals surface area contributed by atoms with Gasteiger partial charge in [-0.25, -0.2) is 8.78 Å². The van der Waals surface area contributed by atoms with Crippen LogP contribution in [0.4, 0.5) is 14.5 Å². The van der Waals surface area contributed by atoms with E-state index in [0.29, 0.717) is 17.5 Å². The van der Waals surface area contributed by atoms with Gasteiger partial charge in [0.1, 0.15) is 35.2 Å². The van der Waals surface area contributed by atoms with E-state index in [1.165, 1.54) is 22.9 Å². The molecule has 1 aromatic heterocycles. The monoisotopic (exact) mass is 553 g/mol. The molecule has 3 heterocycles. The molecule has 1 fully saturated rings. The molecular weight excluding hydrogens is 524 g/mol. The van der Waals surface area contributed by atoms with Crippen LogP contribution in [0.1, 0.15) is 37.2 Å². The average Bonchev–Trinajstić information content (AvgIpc) is 3.50. The number of primary amides is 1. The van der Waals surface area contributed by atoms with Crippen LogP contribution in [0.25, 0.3) is 10.9 Å². The number of carbonyl (C=O) groups is 4. The number of para-hydroxylation sites is 2. The molecule has 0 aliphatic carbocycles. The minimum Gasteiger partial charge on any atom is -0.473 e. The first kappa shape index (κ1) is 27.1. The Kier molecular flexibility index (Phi) is 6.72. The molecule has 40 heavy (non-hydrogen) atoms. The van der Waals surface area contributed by atoms with E-state index >= 15 is 0 Å². The van der Waals surface area contributed by atoms with Gasteiger partial charge in [0, 0.05) is 24.9 Å². The molecule has 4 amide bonds. The van der Waals surface area contributed by atoms with Gasteiger partial charge in [-0.3, -0.25) is 19.2 Å². The highest BCUT2D eigenvalue weighted by Gasteiger charge is 2.57. The fourth-order valence-corrected chi connectivity index (χ4v) is 5.42. The van der Waals surface area contributed by atoms with Gasteiger partial charge < -0.3 is 30.6 Å². The van der Waals surface area contributed by atoms with Gasteiger partial charge in [0.25, 0.3) is 11.8 Å². The Morgan fingerprint density at radius 3 is 2.62 bits per heavy atom. The summed E-state index contributed by atoms with van der Waals surface area (Å²) in [6.07, 6.45) is 0.0579. The van der Waals surface area contributed by atoms with Crippen LogP contribution in [0, 0.1) is 17.6 Å². The minimum atomic E-state index is -1.55. The van der Waals surface area contributed by atoms with Gasteiger partial charge in [-0.1, -0.05) is 26.0 Å². The molecule has 0 radical (unpaired) electrons.